The third-order valence-corrected chi connectivity index (χ3v) is 4.27. The molecule has 20 heavy (non-hydrogen) atoms. The van der Waals surface area contributed by atoms with E-state index in [4.69, 9.17) is 4.74 Å². The van der Waals surface area contributed by atoms with Crippen molar-refractivity contribution >= 4 is 11.9 Å². The van der Waals surface area contributed by atoms with Crippen molar-refractivity contribution in [1.29, 1.82) is 0 Å². The number of hydrogen-bond donors (Lipinski definition) is 2. The first-order chi connectivity index (χ1) is 9.55. The molecule has 0 aromatic carbocycles. The Kier molecular flexibility index (Phi) is 2.79. The number of aliphatic hydroxyl groups is 1. The Bertz CT molecular complexity index is 588. The van der Waals surface area contributed by atoms with Crippen LogP contribution in [0.4, 0.5) is 0 Å². The van der Waals surface area contributed by atoms with Gasteiger partial charge in [0.2, 0.25) is 0 Å². The van der Waals surface area contributed by atoms with Gasteiger partial charge in [-0.2, -0.15) is 0 Å². The molecule has 106 valence electrons. The van der Waals surface area contributed by atoms with Crippen LogP contribution < -0.4 is 5.32 Å². The van der Waals surface area contributed by atoms with Gasteiger partial charge in [-0.15, -0.1) is 0 Å². The second-order valence-electron chi connectivity index (χ2n) is 5.22. The molecule has 2 atom stereocenters. The number of carbonyl (C=O) groups is 2. The van der Waals surface area contributed by atoms with Crippen molar-refractivity contribution in [2.24, 2.45) is 0 Å². The minimum Gasteiger partial charge on any atom is -0.465 e. The number of nitrogens with one attached hydrogen (secondary N) is 1. The maximum atomic E-state index is 12.5. The summed E-state index contributed by atoms with van der Waals surface area (Å²) >= 11 is 0. The Labute approximate surface area is 116 Å². The van der Waals surface area contributed by atoms with Crippen LogP contribution in [-0.2, 0) is 14.9 Å². The molecule has 0 spiro atoms. The summed E-state index contributed by atoms with van der Waals surface area (Å²) < 4.78 is 5.17. The van der Waals surface area contributed by atoms with E-state index in [1.807, 2.05) is 0 Å². The van der Waals surface area contributed by atoms with Crippen LogP contribution in [0.1, 0.15) is 42.1 Å². The minimum atomic E-state index is -1.58. The summed E-state index contributed by atoms with van der Waals surface area (Å²) in [6.07, 6.45) is 4.36. The predicted octanol–water partition coefficient (Wildman–Crippen LogP) is 0.498. The lowest BCUT2D eigenvalue weighted by Crippen LogP contribution is -2.66. The topological polar surface area (TPSA) is 88.5 Å². The van der Waals surface area contributed by atoms with Gasteiger partial charge in [0.05, 0.1) is 12.2 Å². The average Bonchev–Trinajstić information content (AvgIpc) is 2.77. The Morgan fingerprint density at radius 3 is 3.10 bits per heavy atom. The first-order valence-electron chi connectivity index (χ1n) is 6.72. The number of pyridine rings is 1. The summed E-state index contributed by atoms with van der Waals surface area (Å²) in [7, 11) is 0. The predicted molar refractivity (Wildman–Crippen MR) is 68.8 cm³/mol. The molecule has 1 amide bonds. The van der Waals surface area contributed by atoms with E-state index in [2.05, 4.69) is 10.3 Å². The molecule has 2 aliphatic rings. The van der Waals surface area contributed by atoms with Gasteiger partial charge in [-0.3, -0.25) is 14.6 Å². The van der Waals surface area contributed by atoms with Crippen LogP contribution in [0.2, 0.25) is 0 Å². The smallest absolute Gasteiger partial charge is 0.321 e. The lowest BCUT2D eigenvalue weighted by atomic mass is 9.69. The summed E-state index contributed by atoms with van der Waals surface area (Å²) in [5.74, 6) is -0.898. The molecule has 0 radical (unpaired) electrons. The molecule has 1 fully saturated rings. The van der Waals surface area contributed by atoms with Crippen LogP contribution in [-0.4, -0.2) is 34.3 Å². The number of aromatic nitrogens is 1. The Morgan fingerprint density at radius 2 is 2.35 bits per heavy atom. The van der Waals surface area contributed by atoms with Crippen LogP contribution in [0.15, 0.2) is 18.5 Å². The van der Waals surface area contributed by atoms with Crippen LogP contribution in [0.3, 0.4) is 0 Å². The van der Waals surface area contributed by atoms with E-state index < -0.39 is 23.0 Å². The fraction of sp³-hybridized carbons (Fsp3) is 0.500. The summed E-state index contributed by atoms with van der Waals surface area (Å²) in [5, 5.41) is 13.4. The number of fused-ring (bicyclic) bond motifs is 3. The average molecular weight is 276 g/mol. The maximum Gasteiger partial charge on any atom is 0.321 e. The quantitative estimate of drug-likeness (QED) is 0.768. The summed E-state index contributed by atoms with van der Waals surface area (Å²) in [6, 6.07) is 1.63. The second kappa shape index (κ2) is 4.28. The van der Waals surface area contributed by atoms with Crippen molar-refractivity contribution in [3.63, 3.8) is 0 Å². The molecule has 2 N–H and O–H groups in total. The first kappa shape index (κ1) is 13.1. The fourth-order valence-corrected chi connectivity index (χ4v) is 3.39. The van der Waals surface area contributed by atoms with Gasteiger partial charge >= 0.3 is 5.97 Å². The molecule has 1 aromatic rings. The number of nitrogens with zero attached hydrogens (tertiary/aromatic N) is 1. The lowest BCUT2D eigenvalue weighted by Gasteiger charge is -2.44. The zero-order chi connectivity index (χ0) is 14.4. The molecule has 2 heterocycles. The van der Waals surface area contributed by atoms with Crippen molar-refractivity contribution in [3.8, 4) is 0 Å². The highest BCUT2D eigenvalue weighted by molar-refractivity contribution is 6.02. The van der Waals surface area contributed by atoms with Crippen LogP contribution in [0.5, 0.6) is 0 Å². The molecular weight excluding hydrogens is 260 g/mol. The lowest BCUT2D eigenvalue weighted by molar-refractivity contribution is -0.162. The van der Waals surface area contributed by atoms with E-state index in [-0.39, 0.29) is 6.61 Å². The Balaban J connectivity index is 2.24. The van der Waals surface area contributed by atoms with Crippen LogP contribution in [0.25, 0.3) is 0 Å². The number of esters is 1. The third-order valence-electron chi connectivity index (χ3n) is 4.27. The molecule has 0 bridgehead atoms. The van der Waals surface area contributed by atoms with Gasteiger partial charge in [-0.05, 0) is 37.8 Å². The Hall–Kier alpha value is -1.95. The molecule has 1 saturated carbocycles. The zero-order valence-electron chi connectivity index (χ0n) is 11.2. The van der Waals surface area contributed by atoms with Gasteiger partial charge in [0.15, 0.2) is 5.72 Å². The van der Waals surface area contributed by atoms with Gasteiger partial charge in [-0.25, -0.2) is 0 Å². The molecule has 1 aromatic heterocycles. The minimum absolute atomic E-state index is 0.227. The molecule has 1 aliphatic carbocycles. The SMILES string of the molecule is CCOC(=O)[C@@]12CCC[C@@]1(O)NC(=O)c1cnccc12. The number of carbonyl (C=O) groups excluding carboxylic acids is 2. The van der Waals surface area contributed by atoms with E-state index in [9.17, 15) is 14.7 Å². The van der Waals surface area contributed by atoms with Gasteiger partial charge in [0.1, 0.15) is 5.41 Å². The number of hydrogen-bond acceptors (Lipinski definition) is 5. The van der Waals surface area contributed by atoms with Crippen molar-refractivity contribution in [2.45, 2.75) is 37.3 Å². The van der Waals surface area contributed by atoms with Crippen molar-refractivity contribution < 1.29 is 19.4 Å². The molecule has 0 unspecified atom stereocenters. The summed E-state index contributed by atoms with van der Waals surface area (Å²) in [6.45, 7) is 1.95. The van der Waals surface area contributed by atoms with E-state index in [1.54, 1.807) is 13.0 Å². The Morgan fingerprint density at radius 1 is 1.55 bits per heavy atom. The van der Waals surface area contributed by atoms with Crippen LogP contribution >= 0.6 is 0 Å². The van der Waals surface area contributed by atoms with E-state index in [1.165, 1.54) is 12.4 Å². The molecule has 3 rings (SSSR count). The largest absolute Gasteiger partial charge is 0.465 e. The van der Waals surface area contributed by atoms with Crippen LogP contribution in [0, 0.1) is 0 Å². The fourth-order valence-electron chi connectivity index (χ4n) is 3.39. The molecule has 0 saturated heterocycles. The van der Waals surface area contributed by atoms with Crippen molar-refractivity contribution in [1.82, 2.24) is 10.3 Å². The van der Waals surface area contributed by atoms with Gasteiger partial charge in [-0.1, -0.05) is 0 Å². The van der Waals surface area contributed by atoms with Crippen molar-refractivity contribution in [3.05, 3.63) is 29.6 Å². The standard InChI is InChI=1S/C14H16N2O4/c1-2-20-12(18)13-5-3-6-14(13,19)16-11(17)9-8-15-7-4-10(9)13/h4,7-8,19H,2-3,5-6H2,1H3,(H,16,17)/t13-,14-/m0/s1. The summed E-state index contributed by atoms with van der Waals surface area (Å²) in [4.78, 5) is 28.5. The highest BCUT2D eigenvalue weighted by Gasteiger charge is 2.65. The van der Waals surface area contributed by atoms with E-state index in [0.29, 0.717) is 30.4 Å². The number of ether oxygens (including phenoxy) is 1. The monoisotopic (exact) mass is 276 g/mol. The zero-order valence-corrected chi connectivity index (χ0v) is 11.2. The maximum absolute atomic E-state index is 12.5. The highest BCUT2D eigenvalue weighted by Crippen LogP contribution is 2.51. The van der Waals surface area contributed by atoms with Crippen molar-refractivity contribution in [2.75, 3.05) is 6.61 Å². The molecule has 1 aliphatic heterocycles. The summed E-state index contributed by atoms with van der Waals surface area (Å²) in [5.41, 5.74) is -1.97. The molecular formula is C14H16N2O4. The molecule has 6 nitrogen and oxygen atoms in total. The number of rotatable bonds is 2. The third kappa shape index (κ3) is 1.45. The normalized spacial score (nSPS) is 31.2. The first-order valence-corrected chi connectivity index (χ1v) is 6.72. The van der Waals surface area contributed by atoms with Gasteiger partial charge in [0, 0.05) is 12.4 Å². The van der Waals surface area contributed by atoms with Gasteiger partial charge < -0.3 is 15.2 Å². The van der Waals surface area contributed by atoms with E-state index in [0.717, 1.165) is 0 Å². The molecule has 6 heteroatoms. The number of amides is 1. The highest BCUT2D eigenvalue weighted by atomic mass is 16.5. The second-order valence-corrected chi connectivity index (χ2v) is 5.22. The van der Waals surface area contributed by atoms with Gasteiger partial charge in [0.25, 0.3) is 5.91 Å². The van der Waals surface area contributed by atoms with E-state index >= 15 is 0 Å².